The van der Waals surface area contributed by atoms with Crippen molar-refractivity contribution in [3.63, 3.8) is 0 Å². The fourth-order valence-electron chi connectivity index (χ4n) is 4.83. The Morgan fingerprint density at radius 3 is 2.23 bits per heavy atom. The topological polar surface area (TPSA) is 146 Å². The second kappa shape index (κ2) is 15.4. The first-order chi connectivity index (χ1) is 21.2. The van der Waals surface area contributed by atoms with Gasteiger partial charge in [-0.25, -0.2) is 13.2 Å². The summed E-state index contributed by atoms with van der Waals surface area (Å²) in [5.41, 5.74) is 2.43. The Kier molecular flexibility index (Phi) is 11.6. The Bertz CT molecular complexity index is 1550. The number of thiophene rings is 1. The lowest BCUT2D eigenvalue weighted by atomic mass is 10.0. The van der Waals surface area contributed by atoms with Crippen LogP contribution in [0.25, 0.3) is 0 Å². The van der Waals surface area contributed by atoms with E-state index in [1.165, 1.54) is 66.7 Å². The summed E-state index contributed by atoms with van der Waals surface area (Å²) >= 11 is 1.30. The highest BCUT2D eigenvalue weighted by molar-refractivity contribution is 7.89. The average Bonchev–Trinajstić information content (AvgIpc) is 3.38. The van der Waals surface area contributed by atoms with Crippen molar-refractivity contribution in [2.24, 2.45) is 0 Å². The maximum Gasteiger partial charge on any atom is 0.321 e. The van der Waals surface area contributed by atoms with Crippen LogP contribution in [-0.4, -0.2) is 89.6 Å². The molecule has 0 spiro atoms. The van der Waals surface area contributed by atoms with Crippen LogP contribution in [0.3, 0.4) is 0 Å². The van der Waals surface area contributed by atoms with E-state index in [-0.39, 0.29) is 42.3 Å². The summed E-state index contributed by atoms with van der Waals surface area (Å²) in [5, 5.41) is 7.85. The van der Waals surface area contributed by atoms with E-state index in [4.69, 9.17) is 9.47 Å². The lowest BCUT2D eigenvalue weighted by Crippen LogP contribution is -2.38. The van der Waals surface area contributed by atoms with Crippen LogP contribution in [0.1, 0.15) is 36.7 Å². The molecule has 3 N–H and O–H groups in total. The van der Waals surface area contributed by atoms with Gasteiger partial charge in [-0.3, -0.25) is 19.8 Å². The average molecular weight is 644 g/mol. The number of benzene rings is 2. The molecule has 1 aromatic heterocycles. The van der Waals surface area contributed by atoms with Gasteiger partial charge >= 0.3 is 6.03 Å². The summed E-state index contributed by atoms with van der Waals surface area (Å²) in [4.78, 5) is 41.7. The first-order valence-corrected chi connectivity index (χ1v) is 16.3. The Morgan fingerprint density at radius 2 is 1.61 bits per heavy atom. The molecule has 14 heteroatoms. The van der Waals surface area contributed by atoms with Crippen molar-refractivity contribution >= 4 is 44.2 Å². The quantitative estimate of drug-likeness (QED) is 0.258. The van der Waals surface area contributed by atoms with Crippen LogP contribution in [0.5, 0.6) is 0 Å². The van der Waals surface area contributed by atoms with E-state index in [1.54, 1.807) is 0 Å². The van der Waals surface area contributed by atoms with Crippen LogP contribution in [-0.2, 0) is 39.0 Å². The number of nitrogens with zero attached hydrogens (tertiary/aromatic N) is 2. The molecular formula is C30H37N5O7S2. The largest absolute Gasteiger partial charge is 0.383 e. The van der Waals surface area contributed by atoms with Crippen LogP contribution < -0.4 is 16.0 Å². The number of hydrogen-bond acceptors (Lipinski definition) is 9. The predicted octanol–water partition coefficient (Wildman–Crippen LogP) is 2.91. The molecule has 44 heavy (non-hydrogen) atoms. The molecule has 0 fully saturated rings. The van der Waals surface area contributed by atoms with Gasteiger partial charge in [-0.1, -0.05) is 30.3 Å². The zero-order valence-electron chi connectivity index (χ0n) is 24.9. The maximum atomic E-state index is 13.3. The summed E-state index contributed by atoms with van der Waals surface area (Å²) < 4.78 is 37.9. The number of rotatable bonds is 13. The standard InChI is InChI=1S/C30H37N5O7S2/c1-31-30(38)33-28(37)26-24-13-14-34(19-21-7-5-4-6-8-21)20-25(24)43-29(26)32-27(36)22-9-11-23(12-10-22)44(39,40)35(15-17-41-2)16-18-42-3/h4-12H,13-20H2,1-3H3,(H,32,36)(H2,31,33,37,38). The number of anilines is 1. The van der Waals surface area contributed by atoms with Crippen molar-refractivity contribution in [1.82, 2.24) is 19.8 Å². The van der Waals surface area contributed by atoms with Gasteiger partial charge in [0.05, 0.1) is 23.7 Å². The van der Waals surface area contributed by atoms with Crippen molar-refractivity contribution in [3.05, 3.63) is 81.7 Å². The van der Waals surface area contributed by atoms with E-state index >= 15 is 0 Å². The van der Waals surface area contributed by atoms with Crippen LogP contribution in [0.2, 0.25) is 0 Å². The number of urea groups is 1. The summed E-state index contributed by atoms with van der Waals surface area (Å²) in [6.07, 6.45) is 0.570. The van der Waals surface area contributed by atoms with E-state index in [9.17, 15) is 22.8 Å². The van der Waals surface area contributed by atoms with Gasteiger partial charge in [0.15, 0.2) is 0 Å². The van der Waals surface area contributed by atoms with Gasteiger partial charge in [-0.05, 0) is 41.8 Å². The summed E-state index contributed by atoms with van der Waals surface area (Å²) in [5.74, 6) is -1.12. The number of amides is 4. The zero-order chi connectivity index (χ0) is 31.7. The number of methoxy groups -OCH3 is 2. The first kappa shape index (κ1) is 33.2. The molecule has 4 amide bonds. The normalized spacial score (nSPS) is 13.4. The third-order valence-electron chi connectivity index (χ3n) is 7.14. The van der Waals surface area contributed by atoms with Crippen molar-refractivity contribution in [2.45, 2.75) is 24.4 Å². The summed E-state index contributed by atoms with van der Waals surface area (Å²) in [6.45, 7) is 2.76. The molecule has 1 aliphatic rings. The number of hydrogen-bond donors (Lipinski definition) is 3. The van der Waals surface area contributed by atoms with Crippen molar-refractivity contribution in [1.29, 1.82) is 0 Å². The van der Waals surface area contributed by atoms with Crippen molar-refractivity contribution < 1.29 is 32.3 Å². The Morgan fingerprint density at radius 1 is 0.955 bits per heavy atom. The van der Waals surface area contributed by atoms with Gasteiger partial charge < -0.3 is 20.1 Å². The molecule has 0 aliphatic carbocycles. The molecule has 0 saturated carbocycles. The number of nitrogens with one attached hydrogen (secondary N) is 3. The SMILES string of the molecule is CNC(=O)NC(=O)c1c(NC(=O)c2ccc(S(=O)(=O)N(CCOC)CCOC)cc2)sc2c1CCN(Cc1ccccc1)C2. The first-order valence-electron chi connectivity index (χ1n) is 14.0. The van der Waals surface area contributed by atoms with Crippen molar-refractivity contribution in [3.8, 4) is 0 Å². The molecule has 3 aromatic rings. The van der Waals surface area contributed by atoms with E-state index < -0.39 is 27.9 Å². The molecule has 12 nitrogen and oxygen atoms in total. The molecule has 0 bridgehead atoms. The monoisotopic (exact) mass is 643 g/mol. The second-order valence-corrected chi connectivity index (χ2v) is 13.1. The summed E-state index contributed by atoms with van der Waals surface area (Å²) in [6, 6.07) is 15.0. The molecule has 0 saturated heterocycles. The highest BCUT2D eigenvalue weighted by Gasteiger charge is 2.30. The second-order valence-electron chi connectivity index (χ2n) is 10.1. The van der Waals surface area contributed by atoms with E-state index in [0.29, 0.717) is 24.5 Å². The van der Waals surface area contributed by atoms with Gasteiger partial charge in [-0.15, -0.1) is 11.3 Å². The molecular weight excluding hydrogens is 606 g/mol. The number of carbonyl (C=O) groups is 3. The molecule has 0 atom stereocenters. The molecule has 2 aromatic carbocycles. The smallest absolute Gasteiger partial charge is 0.321 e. The van der Waals surface area contributed by atoms with Gasteiger partial charge in [0.2, 0.25) is 10.0 Å². The predicted molar refractivity (Wildman–Crippen MR) is 167 cm³/mol. The Balaban J connectivity index is 1.56. The summed E-state index contributed by atoms with van der Waals surface area (Å²) in [7, 11) is 0.536. The van der Waals surface area contributed by atoms with Crippen molar-refractivity contribution in [2.75, 3.05) is 59.4 Å². The molecule has 236 valence electrons. The molecule has 0 radical (unpaired) electrons. The number of carbonyl (C=O) groups excluding carboxylic acids is 3. The lowest BCUT2D eigenvalue weighted by molar-refractivity contribution is 0.0964. The third kappa shape index (κ3) is 8.08. The minimum Gasteiger partial charge on any atom is -0.383 e. The van der Waals surface area contributed by atoms with E-state index in [1.807, 2.05) is 18.2 Å². The number of imide groups is 1. The Hall–Kier alpha value is -3.66. The Labute approximate surface area is 261 Å². The van der Waals surface area contributed by atoms with E-state index in [2.05, 4.69) is 33.0 Å². The fourth-order valence-corrected chi connectivity index (χ4v) is 7.52. The fraction of sp³-hybridized carbons (Fsp3) is 0.367. The van der Waals surface area contributed by atoms with Crippen LogP contribution in [0.15, 0.2) is 59.5 Å². The molecule has 1 aliphatic heterocycles. The van der Waals surface area contributed by atoms with E-state index in [0.717, 1.165) is 17.0 Å². The molecule has 2 heterocycles. The lowest BCUT2D eigenvalue weighted by Gasteiger charge is -2.27. The van der Waals surface area contributed by atoms with Crippen LogP contribution in [0.4, 0.5) is 9.80 Å². The highest BCUT2D eigenvalue weighted by atomic mass is 32.2. The van der Waals surface area contributed by atoms with Gasteiger partial charge in [0.1, 0.15) is 5.00 Å². The minimum absolute atomic E-state index is 0.0250. The van der Waals surface area contributed by atoms with Gasteiger partial charge in [0.25, 0.3) is 11.8 Å². The van der Waals surface area contributed by atoms with Gasteiger partial charge in [0, 0.05) is 64.4 Å². The third-order valence-corrected chi connectivity index (χ3v) is 10.2. The highest BCUT2D eigenvalue weighted by Crippen LogP contribution is 2.38. The number of fused-ring (bicyclic) bond motifs is 1. The molecule has 0 unspecified atom stereocenters. The van der Waals surface area contributed by atoms with Gasteiger partial charge in [-0.2, -0.15) is 4.31 Å². The molecule has 4 rings (SSSR count). The minimum atomic E-state index is -3.86. The number of sulfonamides is 1. The van der Waals surface area contributed by atoms with Crippen LogP contribution >= 0.6 is 11.3 Å². The van der Waals surface area contributed by atoms with Crippen LogP contribution in [0, 0.1) is 0 Å². The number of ether oxygens (including phenoxy) is 2. The maximum absolute atomic E-state index is 13.3. The zero-order valence-corrected chi connectivity index (χ0v) is 26.6.